The minimum absolute atomic E-state index is 0.0300. The van der Waals surface area contributed by atoms with E-state index in [1.165, 1.54) is 0 Å². The number of aliphatic hydroxyl groups excluding tert-OH is 1. The Morgan fingerprint density at radius 3 is 2.54 bits per heavy atom. The van der Waals surface area contributed by atoms with Crippen LogP contribution < -0.4 is 11.1 Å². The number of hydrogen-bond acceptors (Lipinski definition) is 3. The van der Waals surface area contributed by atoms with E-state index in [0.717, 1.165) is 0 Å². The summed E-state index contributed by atoms with van der Waals surface area (Å²) in [6.45, 7) is 5.49. The van der Waals surface area contributed by atoms with E-state index in [1.807, 2.05) is 13.8 Å². The third kappa shape index (κ3) is 7.74. The fourth-order valence-corrected chi connectivity index (χ4v) is 0.828. The SMILES string of the molecule is CC(CO)NC(=O)CCC(C)(C)N. The first-order valence-electron chi connectivity index (χ1n) is 4.54. The van der Waals surface area contributed by atoms with Crippen LogP contribution in [0.25, 0.3) is 0 Å². The zero-order valence-electron chi connectivity index (χ0n) is 8.63. The van der Waals surface area contributed by atoms with Gasteiger partial charge in [-0.15, -0.1) is 0 Å². The van der Waals surface area contributed by atoms with Gasteiger partial charge in [0.25, 0.3) is 0 Å². The van der Waals surface area contributed by atoms with Gasteiger partial charge in [0, 0.05) is 18.0 Å². The van der Waals surface area contributed by atoms with Crippen LogP contribution in [0, 0.1) is 0 Å². The molecule has 0 fully saturated rings. The third-order valence-corrected chi connectivity index (χ3v) is 1.68. The van der Waals surface area contributed by atoms with Crippen molar-refractivity contribution in [1.29, 1.82) is 0 Å². The van der Waals surface area contributed by atoms with Gasteiger partial charge in [0.1, 0.15) is 0 Å². The van der Waals surface area contributed by atoms with Crippen LogP contribution in [0.15, 0.2) is 0 Å². The molecular weight excluding hydrogens is 168 g/mol. The van der Waals surface area contributed by atoms with Crippen LogP contribution in [0.5, 0.6) is 0 Å². The maximum Gasteiger partial charge on any atom is 0.220 e. The number of rotatable bonds is 5. The van der Waals surface area contributed by atoms with Crippen LogP contribution in [0.1, 0.15) is 33.6 Å². The number of carbonyl (C=O) groups is 1. The van der Waals surface area contributed by atoms with Crippen LogP contribution >= 0.6 is 0 Å². The van der Waals surface area contributed by atoms with Gasteiger partial charge >= 0.3 is 0 Å². The van der Waals surface area contributed by atoms with E-state index in [-0.39, 0.29) is 24.1 Å². The van der Waals surface area contributed by atoms with Crippen molar-refractivity contribution in [3.05, 3.63) is 0 Å². The van der Waals surface area contributed by atoms with Crippen LogP contribution in [0.3, 0.4) is 0 Å². The molecule has 1 unspecified atom stereocenters. The molecule has 4 heteroatoms. The molecule has 0 aliphatic rings. The molecule has 0 saturated heterocycles. The summed E-state index contributed by atoms with van der Waals surface area (Å²) < 4.78 is 0. The molecule has 4 N–H and O–H groups in total. The highest BCUT2D eigenvalue weighted by molar-refractivity contribution is 5.76. The Kier molecular flexibility index (Phi) is 4.95. The normalized spacial score (nSPS) is 13.9. The number of nitrogens with two attached hydrogens (primary N) is 1. The standard InChI is InChI=1S/C9H20N2O2/c1-7(6-12)11-8(13)4-5-9(2,3)10/h7,12H,4-6,10H2,1-3H3,(H,11,13). The molecule has 78 valence electrons. The van der Waals surface area contributed by atoms with Gasteiger partial charge in [-0.1, -0.05) is 0 Å². The molecule has 0 rings (SSSR count). The first-order chi connectivity index (χ1) is 5.85. The van der Waals surface area contributed by atoms with E-state index >= 15 is 0 Å². The van der Waals surface area contributed by atoms with Gasteiger partial charge in [-0.3, -0.25) is 4.79 Å². The largest absolute Gasteiger partial charge is 0.394 e. The lowest BCUT2D eigenvalue weighted by Gasteiger charge is -2.18. The molecule has 1 atom stereocenters. The topological polar surface area (TPSA) is 75.3 Å². The third-order valence-electron chi connectivity index (χ3n) is 1.68. The molecule has 0 aromatic rings. The van der Waals surface area contributed by atoms with Crippen LogP contribution in [0.2, 0.25) is 0 Å². The highest BCUT2D eigenvalue weighted by Gasteiger charge is 2.13. The smallest absolute Gasteiger partial charge is 0.220 e. The molecule has 1 amide bonds. The van der Waals surface area contributed by atoms with E-state index in [1.54, 1.807) is 6.92 Å². The summed E-state index contributed by atoms with van der Waals surface area (Å²) in [7, 11) is 0. The monoisotopic (exact) mass is 188 g/mol. The second kappa shape index (κ2) is 5.19. The highest BCUT2D eigenvalue weighted by atomic mass is 16.3. The van der Waals surface area contributed by atoms with Gasteiger partial charge < -0.3 is 16.2 Å². The number of aliphatic hydroxyl groups is 1. The van der Waals surface area contributed by atoms with Crippen molar-refractivity contribution in [2.75, 3.05) is 6.61 Å². The van der Waals surface area contributed by atoms with Gasteiger partial charge in [-0.25, -0.2) is 0 Å². The maximum atomic E-state index is 11.2. The fraction of sp³-hybridized carbons (Fsp3) is 0.889. The zero-order chi connectivity index (χ0) is 10.5. The molecule has 0 aliphatic heterocycles. The number of amides is 1. The maximum absolute atomic E-state index is 11.2. The van der Waals surface area contributed by atoms with E-state index < -0.39 is 0 Å². The molecule has 0 spiro atoms. The molecule has 0 saturated carbocycles. The minimum atomic E-state index is -0.306. The van der Waals surface area contributed by atoms with Gasteiger partial charge in [0.15, 0.2) is 0 Å². The van der Waals surface area contributed by atoms with Crippen LogP contribution in [0.4, 0.5) is 0 Å². The quantitative estimate of drug-likeness (QED) is 0.568. The molecule has 0 aromatic carbocycles. The van der Waals surface area contributed by atoms with Crippen molar-refractivity contribution in [2.45, 2.75) is 45.2 Å². The van der Waals surface area contributed by atoms with Crippen molar-refractivity contribution < 1.29 is 9.90 Å². The summed E-state index contributed by atoms with van der Waals surface area (Å²) in [5, 5.41) is 11.3. The van der Waals surface area contributed by atoms with Crippen molar-refractivity contribution in [2.24, 2.45) is 5.73 Å². The van der Waals surface area contributed by atoms with Gasteiger partial charge in [-0.05, 0) is 27.2 Å². The first-order valence-corrected chi connectivity index (χ1v) is 4.54. The molecule has 0 radical (unpaired) electrons. The minimum Gasteiger partial charge on any atom is -0.394 e. The van der Waals surface area contributed by atoms with Gasteiger partial charge in [0.05, 0.1) is 6.61 Å². The molecule has 4 nitrogen and oxygen atoms in total. The molecule has 0 heterocycles. The van der Waals surface area contributed by atoms with E-state index in [9.17, 15) is 4.79 Å². The second-order valence-corrected chi connectivity index (χ2v) is 4.14. The van der Waals surface area contributed by atoms with Crippen molar-refractivity contribution in [3.63, 3.8) is 0 Å². The Hall–Kier alpha value is -0.610. The highest BCUT2D eigenvalue weighted by Crippen LogP contribution is 2.06. The Morgan fingerprint density at radius 2 is 2.15 bits per heavy atom. The molecule has 13 heavy (non-hydrogen) atoms. The average molecular weight is 188 g/mol. The summed E-state index contributed by atoms with van der Waals surface area (Å²) in [5.74, 6) is -0.0555. The van der Waals surface area contributed by atoms with Crippen LogP contribution in [-0.4, -0.2) is 29.2 Å². The fourth-order valence-electron chi connectivity index (χ4n) is 0.828. The first kappa shape index (κ1) is 12.4. The number of nitrogens with one attached hydrogen (secondary N) is 1. The molecule has 0 aliphatic carbocycles. The summed E-state index contributed by atoms with van der Waals surface area (Å²) in [5.41, 5.74) is 5.41. The Bertz CT molecular complexity index is 163. The van der Waals surface area contributed by atoms with E-state index in [2.05, 4.69) is 5.32 Å². The Morgan fingerprint density at radius 1 is 1.62 bits per heavy atom. The summed E-state index contributed by atoms with van der Waals surface area (Å²) in [6, 6.07) is -0.173. The molecular formula is C9H20N2O2. The summed E-state index contributed by atoms with van der Waals surface area (Å²) >= 11 is 0. The van der Waals surface area contributed by atoms with Gasteiger partial charge in [0.2, 0.25) is 5.91 Å². The zero-order valence-corrected chi connectivity index (χ0v) is 8.63. The van der Waals surface area contributed by atoms with E-state index in [0.29, 0.717) is 12.8 Å². The molecule has 0 aromatic heterocycles. The van der Waals surface area contributed by atoms with E-state index in [4.69, 9.17) is 10.8 Å². The second-order valence-electron chi connectivity index (χ2n) is 4.14. The summed E-state index contributed by atoms with van der Waals surface area (Å²) in [4.78, 5) is 11.2. The van der Waals surface area contributed by atoms with Crippen molar-refractivity contribution in [1.82, 2.24) is 5.32 Å². The summed E-state index contributed by atoms with van der Waals surface area (Å²) in [6.07, 6.45) is 1.06. The van der Waals surface area contributed by atoms with Gasteiger partial charge in [-0.2, -0.15) is 0 Å². The number of carbonyl (C=O) groups excluding carboxylic acids is 1. The lowest BCUT2D eigenvalue weighted by atomic mass is 10.00. The Balaban J connectivity index is 3.64. The van der Waals surface area contributed by atoms with Crippen molar-refractivity contribution >= 4 is 5.91 Å². The molecule has 0 bridgehead atoms. The van der Waals surface area contributed by atoms with Crippen molar-refractivity contribution in [3.8, 4) is 0 Å². The predicted octanol–water partition coefficient (Wildman–Crippen LogP) is 0.000900. The van der Waals surface area contributed by atoms with Crippen LogP contribution in [-0.2, 0) is 4.79 Å². The lowest BCUT2D eigenvalue weighted by molar-refractivity contribution is -0.122. The predicted molar refractivity (Wildman–Crippen MR) is 52.2 cm³/mol. The lowest BCUT2D eigenvalue weighted by Crippen LogP contribution is -2.38. The number of hydrogen-bond donors (Lipinski definition) is 3. The average Bonchev–Trinajstić information content (AvgIpc) is 1.99. The Labute approximate surface area is 79.5 Å².